The van der Waals surface area contributed by atoms with E-state index in [1.165, 1.54) is 5.46 Å². The minimum absolute atomic E-state index is 0.00217. The third kappa shape index (κ3) is 1.95. The molecule has 0 fully saturated rings. The van der Waals surface area contributed by atoms with Gasteiger partial charge in [0.1, 0.15) is 0 Å². The van der Waals surface area contributed by atoms with Crippen LogP contribution in [-0.2, 0) is 0 Å². The second kappa shape index (κ2) is 4.07. The smallest absolute Gasteiger partial charge is 0.176 e. The van der Waals surface area contributed by atoms with E-state index >= 15 is 0 Å². The Kier molecular flexibility index (Phi) is 3.05. The van der Waals surface area contributed by atoms with E-state index in [0.717, 1.165) is 7.28 Å². The first-order chi connectivity index (χ1) is 5.77. The van der Waals surface area contributed by atoms with Crippen molar-refractivity contribution in [2.75, 3.05) is 6.54 Å². The van der Waals surface area contributed by atoms with E-state index in [0.29, 0.717) is 5.56 Å². The van der Waals surface area contributed by atoms with Gasteiger partial charge >= 0.3 is 0 Å². The van der Waals surface area contributed by atoms with Crippen LogP contribution in [0.1, 0.15) is 10.4 Å². The van der Waals surface area contributed by atoms with Crippen LogP contribution in [0.3, 0.4) is 0 Å². The van der Waals surface area contributed by atoms with E-state index in [4.69, 9.17) is 5.73 Å². The molecule has 1 aromatic carbocycles. The van der Waals surface area contributed by atoms with Crippen LogP contribution < -0.4 is 11.2 Å². The average molecular weight is 161 g/mol. The summed E-state index contributed by atoms with van der Waals surface area (Å²) in [5, 5.41) is 0. The Balaban J connectivity index is 2.84. The van der Waals surface area contributed by atoms with E-state index in [1.54, 1.807) is 0 Å². The molecule has 0 aliphatic carbocycles. The maximum Gasteiger partial charge on any atom is 0.176 e. The van der Waals surface area contributed by atoms with Gasteiger partial charge in [0, 0.05) is 5.56 Å². The fourth-order valence-corrected chi connectivity index (χ4v) is 1.04. The van der Waals surface area contributed by atoms with E-state index in [2.05, 4.69) is 6.82 Å². The standard InChI is InChI=1S/C9H12BNO/c1-10-8-4-2-7(3-5-8)9(12)6-11/h2-5,10H,6,11H2,1H3. The van der Waals surface area contributed by atoms with Crippen molar-refractivity contribution in [2.45, 2.75) is 6.82 Å². The van der Waals surface area contributed by atoms with E-state index < -0.39 is 0 Å². The Morgan fingerprint density at radius 3 is 2.42 bits per heavy atom. The Bertz CT molecular complexity index is 268. The highest BCUT2D eigenvalue weighted by molar-refractivity contribution is 6.51. The second-order valence-electron chi connectivity index (χ2n) is 2.68. The number of carbonyl (C=O) groups is 1. The van der Waals surface area contributed by atoms with Crippen molar-refractivity contribution in [2.24, 2.45) is 5.73 Å². The van der Waals surface area contributed by atoms with Gasteiger partial charge in [0.15, 0.2) is 13.1 Å². The van der Waals surface area contributed by atoms with Gasteiger partial charge in [0.25, 0.3) is 0 Å². The molecule has 0 bridgehead atoms. The number of benzene rings is 1. The molecule has 0 unspecified atom stereocenters. The van der Waals surface area contributed by atoms with Crippen LogP contribution in [0, 0.1) is 0 Å². The van der Waals surface area contributed by atoms with Crippen molar-refractivity contribution in [3.05, 3.63) is 29.8 Å². The molecule has 2 nitrogen and oxygen atoms in total. The molecule has 0 aromatic heterocycles. The van der Waals surface area contributed by atoms with Crippen molar-refractivity contribution < 1.29 is 4.79 Å². The highest BCUT2D eigenvalue weighted by Crippen LogP contribution is 1.96. The summed E-state index contributed by atoms with van der Waals surface area (Å²) in [5.74, 6) is -0.00217. The number of rotatable bonds is 3. The fraction of sp³-hybridized carbons (Fsp3) is 0.222. The van der Waals surface area contributed by atoms with Crippen LogP contribution in [0.2, 0.25) is 6.82 Å². The van der Waals surface area contributed by atoms with Crippen molar-refractivity contribution in [1.29, 1.82) is 0 Å². The zero-order valence-electron chi connectivity index (χ0n) is 7.21. The molecule has 3 heteroatoms. The number of carbonyl (C=O) groups excluding carboxylic acids is 1. The molecule has 0 radical (unpaired) electrons. The van der Waals surface area contributed by atoms with Crippen LogP contribution in [0.4, 0.5) is 0 Å². The first-order valence-electron chi connectivity index (χ1n) is 4.10. The summed E-state index contributed by atoms with van der Waals surface area (Å²) in [4.78, 5) is 11.1. The lowest BCUT2D eigenvalue weighted by Crippen LogP contribution is -2.15. The Labute approximate surface area is 73.0 Å². The molecular weight excluding hydrogens is 149 g/mol. The average Bonchev–Trinajstić information content (AvgIpc) is 2.17. The Morgan fingerprint density at radius 1 is 1.42 bits per heavy atom. The van der Waals surface area contributed by atoms with Crippen LogP contribution in [0.15, 0.2) is 24.3 Å². The summed E-state index contributed by atoms with van der Waals surface area (Å²) in [6, 6.07) is 7.58. The molecule has 0 amide bonds. The van der Waals surface area contributed by atoms with Gasteiger partial charge in [-0.05, 0) is 0 Å². The zero-order chi connectivity index (χ0) is 8.97. The largest absolute Gasteiger partial charge is 0.324 e. The van der Waals surface area contributed by atoms with Crippen LogP contribution in [0.25, 0.3) is 0 Å². The molecule has 2 N–H and O–H groups in total. The Hall–Kier alpha value is -1.09. The van der Waals surface area contributed by atoms with Crippen molar-refractivity contribution in [1.82, 2.24) is 0 Å². The SMILES string of the molecule is CBc1ccc(C(=O)CN)cc1. The molecule has 0 saturated heterocycles. The van der Waals surface area contributed by atoms with Crippen molar-refractivity contribution in [3.63, 3.8) is 0 Å². The fourth-order valence-electron chi connectivity index (χ4n) is 1.04. The van der Waals surface area contributed by atoms with Crippen LogP contribution in [-0.4, -0.2) is 19.6 Å². The first kappa shape index (κ1) is 9.01. The molecule has 0 saturated carbocycles. The number of hydrogen-bond acceptors (Lipinski definition) is 2. The molecule has 62 valence electrons. The lowest BCUT2D eigenvalue weighted by Gasteiger charge is -1.98. The number of Topliss-reactive ketones (excluding diaryl/α,β-unsaturated/α-hetero) is 1. The van der Waals surface area contributed by atoms with Crippen LogP contribution >= 0.6 is 0 Å². The zero-order valence-corrected chi connectivity index (χ0v) is 7.21. The quantitative estimate of drug-likeness (QED) is 0.498. The summed E-state index contributed by atoms with van der Waals surface area (Å²) in [7, 11) is 0.997. The van der Waals surface area contributed by atoms with Gasteiger partial charge in [-0.3, -0.25) is 4.79 Å². The minimum Gasteiger partial charge on any atom is -0.324 e. The maximum absolute atomic E-state index is 11.1. The minimum atomic E-state index is -0.00217. The highest BCUT2D eigenvalue weighted by atomic mass is 16.1. The summed E-state index contributed by atoms with van der Waals surface area (Å²) in [6.07, 6.45) is 0. The van der Waals surface area contributed by atoms with E-state index in [1.807, 2.05) is 24.3 Å². The summed E-state index contributed by atoms with van der Waals surface area (Å²) >= 11 is 0. The first-order valence-corrected chi connectivity index (χ1v) is 4.10. The molecule has 0 heterocycles. The number of nitrogens with two attached hydrogens (primary N) is 1. The predicted octanol–water partition coefficient (Wildman–Crippen LogP) is -0.0621. The Morgan fingerprint density at radius 2 is 2.00 bits per heavy atom. The lowest BCUT2D eigenvalue weighted by molar-refractivity contribution is 0.100. The number of hydrogen-bond donors (Lipinski definition) is 1. The summed E-state index contributed by atoms with van der Waals surface area (Å²) in [5.41, 5.74) is 7.17. The van der Waals surface area contributed by atoms with E-state index in [9.17, 15) is 4.79 Å². The van der Waals surface area contributed by atoms with E-state index in [-0.39, 0.29) is 12.3 Å². The molecule has 0 aliphatic heterocycles. The van der Waals surface area contributed by atoms with Gasteiger partial charge in [-0.25, -0.2) is 0 Å². The molecule has 0 spiro atoms. The van der Waals surface area contributed by atoms with Gasteiger partial charge in [0.05, 0.1) is 6.54 Å². The molecular formula is C9H12BNO. The third-order valence-corrected chi connectivity index (χ3v) is 1.87. The van der Waals surface area contributed by atoms with Gasteiger partial charge in [-0.15, -0.1) is 0 Å². The molecule has 12 heavy (non-hydrogen) atoms. The normalized spacial score (nSPS) is 9.50. The van der Waals surface area contributed by atoms with Gasteiger partial charge in [-0.2, -0.15) is 0 Å². The summed E-state index contributed by atoms with van der Waals surface area (Å²) < 4.78 is 0. The third-order valence-electron chi connectivity index (χ3n) is 1.87. The van der Waals surface area contributed by atoms with Gasteiger partial charge in [-0.1, -0.05) is 36.6 Å². The topological polar surface area (TPSA) is 43.1 Å². The molecule has 0 aliphatic rings. The van der Waals surface area contributed by atoms with Gasteiger partial charge < -0.3 is 5.73 Å². The molecule has 1 aromatic rings. The number of ketones is 1. The summed E-state index contributed by atoms with van der Waals surface area (Å²) in [6.45, 7) is 2.17. The van der Waals surface area contributed by atoms with Crippen molar-refractivity contribution >= 4 is 18.5 Å². The second-order valence-corrected chi connectivity index (χ2v) is 2.68. The monoisotopic (exact) mass is 161 g/mol. The maximum atomic E-state index is 11.1. The molecule has 1 rings (SSSR count). The lowest BCUT2D eigenvalue weighted by atomic mass is 9.73. The highest BCUT2D eigenvalue weighted by Gasteiger charge is 2.01. The van der Waals surface area contributed by atoms with Crippen molar-refractivity contribution in [3.8, 4) is 0 Å². The van der Waals surface area contributed by atoms with Crippen LogP contribution in [0.5, 0.6) is 0 Å². The predicted molar refractivity (Wildman–Crippen MR) is 52.5 cm³/mol. The van der Waals surface area contributed by atoms with Gasteiger partial charge in [0.2, 0.25) is 0 Å². The molecule has 0 atom stereocenters.